The average molecular weight is 559 g/mol. The van der Waals surface area contributed by atoms with Gasteiger partial charge in [0, 0.05) is 50.1 Å². The highest BCUT2D eigenvalue weighted by molar-refractivity contribution is 7.89. The van der Waals surface area contributed by atoms with Gasteiger partial charge >= 0.3 is 0 Å². The van der Waals surface area contributed by atoms with Crippen molar-refractivity contribution in [2.45, 2.75) is 57.4 Å². The van der Waals surface area contributed by atoms with Crippen LogP contribution in [0.5, 0.6) is 0 Å². The minimum absolute atomic E-state index is 0.0175. The van der Waals surface area contributed by atoms with Crippen molar-refractivity contribution in [1.82, 2.24) is 14.1 Å². The van der Waals surface area contributed by atoms with Gasteiger partial charge in [0.1, 0.15) is 5.00 Å². The van der Waals surface area contributed by atoms with E-state index in [9.17, 15) is 22.8 Å². The topological polar surface area (TPSA) is 107 Å². The third-order valence-corrected chi connectivity index (χ3v) is 10.7. The highest BCUT2D eigenvalue weighted by Crippen LogP contribution is 2.38. The Morgan fingerprint density at radius 1 is 0.974 bits per heavy atom. The van der Waals surface area contributed by atoms with E-state index in [4.69, 9.17) is 0 Å². The zero-order valence-electron chi connectivity index (χ0n) is 21.9. The number of fused-ring (bicyclic) bond motifs is 1. The van der Waals surface area contributed by atoms with E-state index in [2.05, 4.69) is 12.2 Å². The number of hydrogen-bond acceptors (Lipinski definition) is 6. The Hall–Kier alpha value is -2.76. The van der Waals surface area contributed by atoms with Gasteiger partial charge in [-0.25, -0.2) is 8.42 Å². The van der Waals surface area contributed by atoms with Gasteiger partial charge < -0.3 is 15.1 Å². The summed E-state index contributed by atoms with van der Waals surface area (Å²) in [5.74, 6) is -0.182. The molecule has 1 aromatic heterocycles. The number of carbonyl (C=O) groups excluding carboxylic acids is 3. The van der Waals surface area contributed by atoms with Gasteiger partial charge in [0.15, 0.2) is 0 Å². The van der Waals surface area contributed by atoms with Crippen LogP contribution in [-0.4, -0.2) is 73.0 Å². The van der Waals surface area contributed by atoms with Crippen LogP contribution in [0.25, 0.3) is 0 Å². The van der Waals surface area contributed by atoms with Crippen molar-refractivity contribution in [3.8, 4) is 0 Å². The summed E-state index contributed by atoms with van der Waals surface area (Å²) in [5, 5.41) is 3.42. The molecule has 3 aliphatic rings. The van der Waals surface area contributed by atoms with Crippen LogP contribution < -0.4 is 5.32 Å². The van der Waals surface area contributed by atoms with E-state index in [1.54, 1.807) is 4.90 Å². The molecule has 5 rings (SSSR count). The van der Waals surface area contributed by atoms with Crippen molar-refractivity contribution in [2.75, 3.05) is 38.0 Å². The molecule has 2 aromatic rings. The summed E-state index contributed by atoms with van der Waals surface area (Å²) < 4.78 is 27.7. The summed E-state index contributed by atoms with van der Waals surface area (Å²) in [6.45, 7) is 6.95. The summed E-state index contributed by atoms with van der Waals surface area (Å²) >= 11 is 1.34. The monoisotopic (exact) mass is 558 g/mol. The lowest BCUT2D eigenvalue weighted by molar-refractivity contribution is -0.129. The Balaban J connectivity index is 1.38. The maximum atomic E-state index is 13.5. The third kappa shape index (κ3) is 5.23. The van der Waals surface area contributed by atoms with Gasteiger partial charge in [-0.2, -0.15) is 4.31 Å². The Kier molecular flexibility index (Phi) is 7.61. The molecule has 0 saturated carbocycles. The number of hydrogen-bond donors (Lipinski definition) is 1. The van der Waals surface area contributed by atoms with Crippen molar-refractivity contribution in [2.24, 2.45) is 5.92 Å². The number of anilines is 1. The second-order valence-corrected chi connectivity index (χ2v) is 13.5. The van der Waals surface area contributed by atoms with E-state index in [0.29, 0.717) is 67.7 Å². The molecule has 0 radical (unpaired) electrons. The maximum absolute atomic E-state index is 13.5. The fraction of sp³-hybridized carbons (Fsp3) is 0.519. The molecule has 11 heteroatoms. The molecule has 38 heavy (non-hydrogen) atoms. The summed E-state index contributed by atoms with van der Waals surface area (Å²) in [7, 11) is -3.62. The van der Waals surface area contributed by atoms with E-state index in [1.807, 2.05) is 4.90 Å². The van der Waals surface area contributed by atoms with Crippen LogP contribution in [0.4, 0.5) is 5.00 Å². The van der Waals surface area contributed by atoms with Gasteiger partial charge in [-0.1, -0.05) is 6.92 Å². The average Bonchev–Trinajstić information content (AvgIpc) is 3.56. The quantitative estimate of drug-likeness (QED) is 0.604. The van der Waals surface area contributed by atoms with Crippen molar-refractivity contribution in [3.05, 3.63) is 45.8 Å². The maximum Gasteiger partial charge on any atom is 0.257 e. The number of benzene rings is 1. The second-order valence-electron chi connectivity index (χ2n) is 10.5. The van der Waals surface area contributed by atoms with Crippen molar-refractivity contribution < 1.29 is 22.8 Å². The molecule has 9 nitrogen and oxygen atoms in total. The standard InChI is InChI=1S/C27H34N4O5S2/c1-18-6-5-14-31(16-18)38(35,36)21-9-7-20(8-10-21)25(33)28-26-24(27(34)29-12-3-4-13-29)22-11-15-30(19(2)32)17-23(22)37-26/h7-10,18H,3-6,11-17H2,1-2H3,(H,28,33). The van der Waals surface area contributed by atoms with Crippen molar-refractivity contribution in [3.63, 3.8) is 0 Å². The van der Waals surface area contributed by atoms with Crippen molar-refractivity contribution in [1.29, 1.82) is 0 Å². The van der Waals surface area contributed by atoms with Crippen molar-refractivity contribution >= 4 is 44.1 Å². The fourth-order valence-corrected chi connectivity index (χ4v) is 8.38. The number of amides is 3. The first-order valence-corrected chi connectivity index (χ1v) is 15.5. The van der Waals surface area contributed by atoms with Gasteiger partial charge in [0.25, 0.3) is 11.8 Å². The minimum atomic E-state index is -3.62. The molecule has 4 heterocycles. The molecule has 0 bridgehead atoms. The number of likely N-dealkylation sites (tertiary alicyclic amines) is 1. The minimum Gasteiger partial charge on any atom is -0.339 e. The van der Waals surface area contributed by atoms with Crippen LogP contribution in [0.2, 0.25) is 0 Å². The molecule has 3 amide bonds. The highest BCUT2D eigenvalue weighted by Gasteiger charge is 2.33. The van der Waals surface area contributed by atoms with Crippen LogP contribution >= 0.6 is 11.3 Å². The Morgan fingerprint density at radius 3 is 2.34 bits per heavy atom. The SMILES string of the molecule is CC(=O)N1CCc2c(sc(NC(=O)c3ccc(S(=O)(=O)N4CCCC(C)C4)cc3)c2C(=O)N2CCCC2)C1. The van der Waals surface area contributed by atoms with Crippen LogP contribution in [-0.2, 0) is 27.8 Å². The molecule has 1 atom stereocenters. The third-order valence-electron chi connectivity index (χ3n) is 7.71. The molecule has 3 aliphatic heterocycles. The predicted molar refractivity (Wildman–Crippen MR) is 146 cm³/mol. The number of carbonyl (C=O) groups is 3. The van der Waals surface area contributed by atoms with Crippen LogP contribution in [0.3, 0.4) is 0 Å². The smallest absolute Gasteiger partial charge is 0.257 e. The van der Waals surface area contributed by atoms with Crippen LogP contribution in [0, 0.1) is 5.92 Å². The number of nitrogens with zero attached hydrogens (tertiary/aromatic N) is 3. The predicted octanol–water partition coefficient (Wildman–Crippen LogP) is 3.56. The van der Waals surface area contributed by atoms with Gasteiger partial charge in [0.05, 0.1) is 17.0 Å². The molecular formula is C27H34N4O5S2. The second kappa shape index (κ2) is 10.8. The summed E-state index contributed by atoms with van der Waals surface area (Å²) in [6.07, 6.45) is 4.35. The molecule has 0 aliphatic carbocycles. The first-order valence-electron chi connectivity index (χ1n) is 13.3. The number of piperidine rings is 1. The van der Waals surface area contributed by atoms with E-state index >= 15 is 0 Å². The Bertz CT molecular complexity index is 1350. The zero-order chi connectivity index (χ0) is 27.0. The van der Waals surface area contributed by atoms with E-state index in [-0.39, 0.29) is 16.7 Å². The molecule has 1 aromatic carbocycles. The number of thiophene rings is 1. The number of rotatable bonds is 5. The first kappa shape index (κ1) is 26.8. The van der Waals surface area contributed by atoms with Gasteiger partial charge in [0.2, 0.25) is 15.9 Å². The Morgan fingerprint density at radius 2 is 1.68 bits per heavy atom. The lowest BCUT2D eigenvalue weighted by Crippen LogP contribution is -2.39. The molecule has 2 fully saturated rings. The fourth-order valence-electron chi connectivity index (χ4n) is 5.53. The van der Waals surface area contributed by atoms with Gasteiger partial charge in [-0.05, 0) is 67.9 Å². The molecular weight excluding hydrogens is 524 g/mol. The zero-order valence-corrected chi connectivity index (χ0v) is 23.5. The number of nitrogens with one attached hydrogen (secondary N) is 1. The Labute approximate surface area is 227 Å². The van der Waals surface area contributed by atoms with E-state index < -0.39 is 15.9 Å². The molecule has 1 N–H and O–H groups in total. The summed E-state index contributed by atoms with van der Waals surface area (Å²) in [6, 6.07) is 5.99. The van der Waals surface area contributed by atoms with Crippen LogP contribution in [0.1, 0.15) is 70.7 Å². The summed E-state index contributed by atoms with van der Waals surface area (Å²) in [5.41, 5.74) is 1.76. The largest absolute Gasteiger partial charge is 0.339 e. The van der Waals surface area contributed by atoms with Gasteiger partial charge in [-0.15, -0.1) is 11.3 Å². The lowest BCUT2D eigenvalue weighted by atomic mass is 10.0. The lowest BCUT2D eigenvalue weighted by Gasteiger charge is -2.30. The summed E-state index contributed by atoms with van der Waals surface area (Å²) in [4.78, 5) is 43.4. The molecule has 204 valence electrons. The van der Waals surface area contributed by atoms with Crippen LogP contribution in [0.15, 0.2) is 29.2 Å². The molecule has 0 spiro atoms. The highest BCUT2D eigenvalue weighted by atomic mass is 32.2. The number of sulfonamides is 1. The van der Waals surface area contributed by atoms with E-state index in [0.717, 1.165) is 36.1 Å². The molecule has 1 unspecified atom stereocenters. The van der Waals surface area contributed by atoms with Gasteiger partial charge in [-0.3, -0.25) is 14.4 Å². The van der Waals surface area contributed by atoms with E-state index in [1.165, 1.54) is 46.8 Å². The first-order chi connectivity index (χ1) is 18.1. The normalized spacial score (nSPS) is 20.3. The molecule has 2 saturated heterocycles.